The van der Waals surface area contributed by atoms with Gasteiger partial charge in [-0.15, -0.1) is 0 Å². The summed E-state index contributed by atoms with van der Waals surface area (Å²) in [7, 11) is 0. The van der Waals surface area contributed by atoms with Crippen LogP contribution in [0.2, 0.25) is 0 Å². The van der Waals surface area contributed by atoms with E-state index in [0.717, 1.165) is 87.0 Å². The molecule has 0 amide bonds. The molecule has 3 aliphatic rings. The first kappa shape index (κ1) is 25.4. The molecule has 2 aromatic heterocycles. The maximum Gasteiger partial charge on any atom is 0.227 e. The monoisotopic (exact) mass is 524 g/mol. The predicted octanol–water partition coefficient (Wildman–Crippen LogP) is 4.98. The van der Waals surface area contributed by atoms with Crippen LogP contribution < -0.4 is 16.4 Å². The number of hydrogen-bond donors (Lipinski definition) is 3. The van der Waals surface area contributed by atoms with Crippen molar-refractivity contribution in [1.29, 1.82) is 0 Å². The SMILES string of the molecule is NC1CCC(Nc2nc(NC3CCN(Cc4ccc(F)c(F)c4)CC3)c3ncn(C4CCCC4)c3n2)CC1. The highest BCUT2D eigenvalue weighted by Crippen LogP contribution is 2.34. The van der Waals surface area contributed by atoms with Crippen molar-refractivity contribution in [3.05, 3.63) is 41.7 Å². The molecule has 3 heterocycles. The number of fused-ring (bicyclic) bond motifs is 1. The van der Waals surface area contributed by atoms with Crippen LogP contribution >= 0.6 is 0 Å². The Labute approximate surface area is 222 Å². The summed E-state index contributed by atoms with van der Waals surface area (Å²) in [6, 6.07) is 5.50. The molecular formula is C28H38F2N8. The van der Waals surface area contributed by atoms with Crippen molar-refractivity contribution in [3.8, 4) is 0 Å². The van der Waals surface area contributed by atoms with Gasteiger partial charge >= 0.3 is 0 Å². The summed E-state index contributed by atoms with van der Waals surface area (Å²) in [6.07, 6.45) is 12.7. The van der Waals surface area contributed by atoms with E-state index in [9.17, 15) is 8.78 Å². The smallest absolute Gasteiger partial charge is 0.227 e. The van der Waals surface area contributed by atoms with E-state index in [1.807, 2.05) is 6.33 Å². The number of nitrogens with zero attached hydrogens (tertiary/aromatic N) is 5. The first-order valence-corrected chi connectivity index (χ1v) is 14.2. The largest absolute Gasteiger partial charge is 0.365 e. The minimum Gasteiger partial charge on any atom is -0.365 e. The van der Waals surface area contributed by atoms with Crippen molar-refractivity contribution in [2.75, 3.05) is 23.7 Å². The van der Waals surface area contributed by atoms with Crippen LogP contribution in [0.4, 0.5) is 20.5 Å². The summed E-state index contributed by atoms with van der Waals surface area (Å²) < 4.78 is 29.2. The lowest BCUT2D eigenvalue weighted by atomic mass is 9.92. The van der Waals surface area contributed by atoms with Gasteiger partial charge in [0.15, 0.2) is 28.6 Å². The maximum atomic E-state index is 13.6. The van der Waals surface area contributed by atoms with Crippen molar-refractivity contribution >= 4 is 22.9 Å². The molecular weight excluding hydrogens is 486 g/mol. The van der Waals surface area contributed by atoms with E-state index in [2.05, 4.69) is 20.1 Å². The van der Waals surface area contributed by atoms with Gasteiger partial charge in [0.25, 0.3) is 0 Å². The van der Waals surface area contributed by atoms with Gasteiger partial charge in [-0.05, 0) is 69.1 Å². The standard InChI is InChI=1S/C28H38F2N8/c29-23-10-5-18(15-24(23)30)16-37-13-11-21(12-14-37)33-26-25-27(38(17-32-25)22-3-1-2-4-22)36-28(35-26)34-20-8-6-19(31)7-9-20/h5,10,15,17,19-22H,1-4,6-9,11-14,16,31H2,(H2,33,34,35,36). The van der Waals surface area contributed by atoms with Crippen LogP contribution in [-0.2, 0) is 6.54 Å². The maximum absolute atomic E-state index is 13.6. The van der Waals surface area contributed by atoms with Crippen molar-refractivity contribution in [2.45, 2.75) is 94.9 Å². The van der Waals surface area contributed by atoms with Gasteiger partial charge < -0.3 is 20.9 Å². The van der Waals surface area contributed by atoms with Crippen molar-refractivity contribution in [2.24, 2.45) is 5.73 Å². The molecule has 38 heavy (non-hydrogen) atoms. The van der Waals surface area contributed by atoms with Gasteiger partial charge in [-0.25, -0.2) is 13.8 Å². The van der Waals surface area contributed by atoms with E-state index in [1.165, 1.54) is 25.0 Å². The van der Waals surface area contributed by atoms with E-state index >= 15 is 0 Å². The molecule has 204 valence electrons. The number of piperidine rings is 1. The van der Waals surface area contributed by atoms with E-state index in [4.69, 9.17) is 20.7 Å². The molecule has 0 unspecified atom stereocenters. The lowest BCUT2D eigenvalue weighted by Gasteiger charge is -2.32. The number of nitrogens with one attached hydrogen (secondary N) is 2. The number of aromatic nitrogens is 4. The third kappa shape index (κ3) is 5.61. The molecule has 10 heteroatoms. The second kappa shape index (κ2) is 11.1. The van der Waals surface area contributed by atoms with Crippen LogP contribution in [0.1, 0.15) is 75.8 Å². The van der Waals surface area contributed by atoms with E-state index in [-0.39, 0.29) is 6.04 Å². The van der Waals surface area contributed by atoms with Gasteiger partial charge in [-0.2, -0.15) is 9.97 Å². The number of hydrogen-bond acceptors (Lipinski definition) is 7. The Morgan fingerprint density at radius 3 is 2.34 bits per heavy atom. The Kier molecular flexibility index (Phi) is 7.43. The lowest BCUT2D eigenvalue weighted by molar-refractivity contribution is 0.211. The molecule has 1 aromatic carbocycles. The van der Waals surface area contributed by atoms with Gasteiger partial charge in [-0.3, -0.25) is 4.90 Å². The Morgan fingerprint density at radius 1 is 0.868 bits per heavy atom. The zero-order chi connectivity index (χ0) is 26.1. The van der Waals surface area contributed by atoms with Crippen molar-refractivity contribution < 1.29 is 8.78 Å². The second-order valence-electron chi connectivity index (χ2n) is 11.4. The molecule has 2 aliphatic carbocycles. The lowest BCUT2D eigenvalue weighted by Crippen LogP contribution is -2.39. The summed E-state index contributed by atoms with van der Waals surface area (Å²) in [6.45, 7) is 2.36. The van der Waals surface area contributed by atoms with Gasteiger partial charge in [0.2, 0.25) is 5.95 Å². The van der Waals surface area contributed by atoms with Crippen molar-refractivity contribution in [1.82, 2.24) is 24.4 Å². The van der Waals surface area contributed by atoms with E-state index in [1.54, 1.807) is 6.07 Å². The fraction of sp³-hybridized carbons (Fsp3) is 0.607. The normalized spacial score (nSPS) is 23.8. The van der Waals surface area contributed by atoms with Gasteiger partial charge in [0.05, 0.1) is 6.33 Å². The Hall–Kier alpha value is -2.85. The minimum absolute atomic E-state index is 0.256. The fourth-order valence-electron chi connectivity index (χ4n) is 6.30. The number of imidazole rings is 1. The summed E-state index contributed by atoms with van der Waals surface area (Å²) in [5.41, 5.74) is 8.65. The zero-order valence-corrected chi connectivity index (χ0v) is 21.9. The number of likely N-dealkylation sites (tertiary alicyclic amines) is 1. The van der Waals surface area contributed by atoms with Crippen LogP contribution in [0.5, 0.6) is 0 Å². The highest BCUT2D eigenvalue weighted by molar-refractivity contribution is 5.84. The van der Waals surface area contributed by atoms with E-state index < -0.39 is 11.6 Å². The van der Waals surface area contributed by atoms with Crippen LogP contribution in [0.3, 0.4) is 0 Å². The van der Waals surface area contributed by atoms with Crippen LogP contribution in [0.15, 0.2) is 24.5 Å². The van der Waals surface area contributed by atoms with Gasteiger partial charge in [0, 0.05) is 43.8 Å². The topological polar surface area (TPSA) is 96.9 Å². The second-order valence-corrected chi connectivity index (χ2v) is 11.4. The molecule has 3 aromatic rings. The van der Waals surface area contributed by atoms with Gasteiger partial charge in [0.1, 0.15) is 0 Å². The predicted molar refractivity (Wildman–Crippen MR) is 145 cm³/mol. The zero-order valence-electron chi connectivity index (χ0n) is 21.9. The first-order valence-electron chi connectivity index (χ1n) is 14.2. The van der Waals surface area contributed by atoms with Crippen LogP contribution in [0.25, 0.3) is 11.2 Å². The molecule has 0 spiro atoms. The van der Waals surface area contributed by atoms with Crippen molar-refractivity contribution in [3.63, 3.8) is 0 Å². The number of halogens is 2. The summed E-state index contributed by atoms with van der Waals surface area (Å²) in [5, 5.41) is 7.29. The molecule has 0 atom stereocenters. The number of nitrogens with two attached hydrogens (primary N) is 1. The molecule has 6 rings (SSSR count). The van der Waals surface area contributed by atoms with Crippen LogP contribution in [0, 0.1) is 11.6 Å². The molecule has 1 aliphatic heterocycles. The summed E-state index contributed by atoms with van der Waals surface area (Å²) in [4.78, 5) is 16.9. The number of rotatable bonds is 7. The Morgan fingerprint density at radius 2 is 1.61 bits per heavy atom. The van der Waals surface area contributed by atoms with Gasteiger partial charge in [-0.1, -0.05) is 18.9 Å². The average molecular weight is 525 g/mol. The first-order chi connectivity index (χ1) is 18.5. The molecule has 0 radical (unpaired) electrons. The van der Waals surface area contributed by atoms with Crippen LogP contribution in [-0.4, -0.2) is 55.6 Å². The Balaban J connectivity index is 1.17. The Bertz CT molecular complexity index is 1240. The minimum atomic E-state index is -0.802. The number of anilines is 2. The molecule has 2 saturated carbocycles. The molecule has 0 bridgehead atoms. The van der Waals surface area contributed by atoms with E-state index in [0.29, 0.717) is 30.6 Å². The molecule has 4 N–H and O–H groups in total. The highest BCUT2D eigenvalue weighted by Gasteiger charge is 2.26. The average Bonchev–Trinajstić information content (AvgIpc) is 3.59. The molecule has 3 fully saturated rings. The molecule has 1 saturated heterocycles. The molecule has 8 nitrogen and oxygen atoms in total. The third-order valence-corrected chi connectivity index (χ3v) is 8.56. The number of benzene rings is 1. The summed E-state index contributed by atoms with van der Waals surface area (Å²) >= 11 is 0. The summed E-state index contributed by atoms with van der Waals surface area (Å²) in [5.74, 6) is -0.134. The fourth-order valence-corrected chi connectivity index (χ4v) is 6.30. The third-order valence-electron chi connectivity index (χ3n) is 8.56. The quantitative estimate of drug-likeness (QED) is 0.401. The highest BCUT2D eigenvalue weighted by atomic mass is 19.2.